The molecule has 0 aliphatic carbocycles. The molecule has 0 spiro atoms. The Labute approximate surface area is 161 Å². The van der Waals surface area contributed by atoms with Crippen LogP contribution in [-0.2, 0) is 21.4 Å². The molecule has 0 saturated heterocycles. The fourth-order valence-corrected chi connectivity index (χ4v) is 2.89. The fourth-order valence-electron chi connectivity index (χ4n) is 2.89. The van der Waals surface area contributed by atoms with Gasteiger partial charge in [-0.05, 0) is 23.0 Å². The van der Waals surface area contributed by atoms with Crippen molar-refractivity contribution in [2.45, 2.75) is 39.0 Å². The molecule has 0 heterocycles. The van der Waals surface area contributed by atoms with Crippen molar-refractivity contribution in [1.29, 1.82) is 0 Å². The van der Waals surface area contributed by atoms with Crippen LogP contribution in [-0.4, -0.2) is 18.9 Å². The topological polar surface area (TPSA) is 47.7 Å². The highest BCUT2D eigenvalue weighted by atomic mass is 16.5. The first kappa shape index (κ1) is 20.4. The molecule has 2 rings (SSSR count). The minimum Gasteiger partial charge on any atom is -0.469 e. The van der Waals surface area contributed by atoms with Crippen LogP contribution in [0.2, 0.25) is 0 Å². The van der Waals surface area contributed by atoms with Gasteiger partial charge in [-0.1, -0.05) is 69.3 Å². The van der Waals surface area contributed by atoms with Crippen LogP contribution in [0.25, 0.3) is 4.85 Å². The average Bonchev–Trinajstić information content (AvgIpc) is 2.66. The first-order chi connectivity index (χ1) is 12.7. The summed E-state index contributed by atoms with van der Waals surface area (Å²) in [5.74, 6) is -1.03. The van der Waals surface area contributed by atoms with Crippen molar-refractivity contribution in [3.8, 4) is 0 Å². The molecular weight excluding hydrogens is 338 g/mol. The van der Waals surface area contributed by atoms with Crippen LogP contribution >= 0.6 is 0 Å². The van der Waals surface area contributed by atoms with Crippen LogP contribution in [0.5, 0.6) is 0 Å². The molecule has 0 aliphatic heterocycles. The van der Waals surface area contributed by atoms with Gasteiger partial charge in [0.15, 0.2) is 11.5 Å². The molecular formula is C23H25NO3. The van der Waals surface area contributed by atoms with Crippen LogP contribution in [0.15, 0.2) is 48.5 Å². The van der Waals surface area contributed by atoms with Crippen LogP contribution in [0.4, 0.5) is 5.69 Å². The van der Waals surface area contributed by atoms with Crippen molar-refractivity contribution >= 4 is 17.4 Å². The maximum Gasteiger partial charge on any atom is 0.309 e. The molecule has 1 atom stereocenters. The molecule has 0 amide bonds. The molecule has 2 aromatic rings. The highest BCUT2D eigenvalue weighted by molar-refractivity contribution is 5.98. The minimum atomic E-state index is -0.552. The van der Waals surface area contributed by atoms with Crippen LogP contribution in [0.1, 0.15) is 48.7 Å². The zero-order valence-electron chi connectivity index (χ0n) is 16.3. The number of ether oxygens (including phenoxy) is 1. The zero-order valence-corrected chi connectivity index (χ0v) is 16.3. The number of rotatable bonds is 6. The minimum absolute atomic E-state index is 0.0215. The number of hydrogen-bond donors (Lipinski definition) is 0. The third kappa shape index (κ3) is 5.52. The number of carbonyl (C=O) groups is 2. The lowest BCUT2D eigenvalue weighted by Crippen LogP contribution is -2.22. The molecule has 4 heteroatoms. The molecule has 0 N–H and O–H groups in total. The quantitative estimate of drug-likeness (QED) is 0.406. The summed E-state index contributed by atoms with van der Waals surface area (Å²) in [6, 6.07) is 14.6. The van der Waals surface area contributed by atoms with E-state index in [2.05, 4.69) is 25.6 Å². The summed E-state index contributed by atoms with van der Waals surface area (Å²) >= 11 is 0. The van der Waals surface area contributed by atoms with Crippen molar-refractivity contribution < 1.29 is 14.3 Å². The average molecular weight is 363 g/mol. The molecule has 4 nitrogen and oxygen atoms in total. The summed E-state index contributed by atoms with van der Waals surface area (Å²) in [6.45, 7) is 13.4. The van der Waals surface area contributed by atoms with E-state index in [-0.39, 0.29) is 17.6 Å². The van der Waals surface area contributed by atoms with Crippen LogP contribution < -0.4 is 0 Å². The van der Waals surface area contributed by atoms with Gasteiger partial charge in [-0.2, -0.15) is 0 Å². The highest BCUT2D eigenvalue weighted by Crippen LogP contribution is 2.24. The van der Waals surface area contributed by atoms with Crippen LogP contribution in [0.3, 0.4) is 0 Å². The summed E-state index contributed by atoms with van der Waals surface area (Å²) in [4.78, 5) is 28.2. The lowest BCUT2D eigenvalue weighted by molar-refractivity contribution is -0.145. The van der Waals surface area contributed by atoms with Gasteiger partial charge in [0, 0.05) is 12.0 Å². The van der Waals surface area contributed by atoms with Gasteiger partial charge in [0.05, 0.1) is 19.6 Å². The van der Waals surface area contributed by atoms with E-state index in [1.807, 2.05) is 36.4 Å². The Morgan fingerprint density at radius 3 is 2.11 bits per heavy atom. The monoisotopic (exact) mass is 363 g/mol. The highest BCUT2D eigenvalue weighted by Gasteiger charge is 2.24. The number of methoxy groups -OCH3 is 1. The lowest BCUT2D eigenvalue weighted by atomic mass is 9.86. The Hall–Kier alpha value is -2.93. The Kier molecular flexibility index (Phi) is 6.52. The summed E-state index contributed by atoms with van der Waals surface area (Å²) in [6.07, 6.45) is 0.489. The number of esters is 1. The molecule has 0 bridgehead atoms. The maximum atomic E-state index is 12.7. The molecule has 0 fully saturated rings. The molecule has 0 aliphatic rings. The van der Waals surface area contributed by atoms with Crippen molar-refractivity contribution in [3.05, 3.63) is 76.6 Å². The van der Waals surface area contributed by atoms with E-state index >= 15 is 0 Å². The van der Waals surface area contributed by atoms with Crippen molar-refractivity contribution in [1.82, 2.24) is 0 Å². The molecule has 0 unspecified atom stereocenters. The summed E-state index contributed by atoms with van der Waals surface area (Å²) in [5, 5.41) is 0. The van der Waals surface area contributed by atoms with E-state index < -0.39 is 11.9 Å². The van der Waals surface area contributed by atoms with Gasteiger partial charge in [-0.15, -0.1) is 0 Å². The third-order valence-corrected chi connectivity index (χ3v) is 4.59. The zero-order chi connectivity index (χ0) is 20.0. The van der Waals surface area contributed by atoms with Crippen molar-refractivity contribution in [2.75, 3.05) is 7.11 Å². The van der Waals surface area contributed by atoms with Gasteiger partial charge in [0.1, 0.15) is 0 Å². The largest absolute Gasteiger partial charge is 0.469 e. The first-order valence-corrected chi connectivity index (χ1v) is 8.92. The SMILES string of the molecule is [C-]#[N+]c1ccc(C[C@H](CC(=O)c2ccc(C(C)(C)C)cc2)C(=O)OC)cc1. The maximum absolute atomic E-state index is 12.7. The Morgan fingerprint density at radius 1 is 1.04 bits per heavy atom. The molecule has 0 aromatic heterocycles. The first-order valence-electron chi connectivity index (χ1n) is 8.92. The molecule has 0 saturated carbocycles. The van der Waals surface area contributed by atoms with E-state index in [1.165, 1.54) is 7.11 Å². The smallest absolute Gasteiger partial charge is 0.309 e. The van der Waals surface area contributed by atoms with Gasteiger partial charge in [-0.3, -0.25) is 9.59 Å². The Bertz CT molecular complexity index is 837. The lowest BCUT2D eigenvalue weighted by Gasteiger charge is -2.19. The Balaban J connectivity index is 2.14. The summed E-state index contributed by atoms with van der Waals surface area (Å²) in [7, 11) is 1.33. The molecule has 140 valence electrons. The second kappa shape index (κ2) is 8.64. The number of ketones is 1. The number of Topliss-reactive ketones (excluding diaryl/α,β-unsaturated/α-hetero) is 1. The number of carbonyl (C=O) groups excluding carboxylic acids is 2. The summed E-state index contributed by atoms with van der Waals surface area (Å²) in [5.41, 5.74) is 3.22. The van der Waals surface area contributed by atoms with E-state index in [1.54, 1.807) is 12.1 Å². The molecule has 0 radical (unpaired) electrons. The Morgan fingerprint density at radius 2 is 1.63 bits per heavy atom. The summed E-state index contributed by atoms with van der Waals surface area (Å²) < 4.78 is 4.89. The molecule has 2 aromatic carbocycles. The number of nitrogens with zero attached hydrogens (tertiary/aromatic N) is 1. The predicted molar refractivity (Wildman–Crippen MR) is 106 cm³/mol. The van der Waals surface area contributed by atoms with E-state index in [0.29, 0.717) is 17.7 Å². The van der Waals surface area contributed by atoms with E-state index in [9.17, 15) is 9.59 Å². The number of hydrogen-bond acceptors (Lipinski definition) is 3. The third-order valence-electron chi connectivity index (χ3n) is 4.59. The predicted octanol–water partition coefficient (Wildman–Crippen LogP) is 5.14. The van der Waals surface area contributed by atoms with Gasteiger partial charge in [-0.25, -0.2) is 4.85 Å². The van der Waals surface area contributed by atoms with Gasteiger partial charge in [0.25, 0.3) is 0 Å². The second-order valence-corrected chi connectivity index (χ2v) is 7.66. The van der Waals surface area contributed by atoms with Gasteiger partial charge in [0.2, 0.25) is 0 Å². The van der Waals surface area contributed by atoms with E-state index in [4.69, 9.17) is 11.3 Å². The molecule has 27 heavy (non-hydrogen) atoms. The second-order valence-electron chi connectivity index (χ2n) is 7.66. The normalized spacial score (nSPS) is 12.1. The van der Waals surface area contributed by atoms with E-state index in [0.717, 1.165) is 11.1 Å². The van der Waals surface area contributed by atoms with Crippen molar-refractivity contribution in [2.24, 2.45) is 5.92 Å². The fraction of sp³-hybridized carbons (Fsp3) is 0.348. The standard InChI is InChI=1S/C23H25NO3/c1-23(2,3)19-10-8-17(9-11-19)21(25)15-18(22(26)27-5)14-16-6-12-20(24-4)13-7-16/h6-13,18H,14-15H2,1-3,5H3/t18-/m1/s1. The number of benzene rings is 2. The van der Waals surface area contributed by atoms with Crippen molar-refractivity contribution in [3.63, 3.8) is 0 Å². The van der Waals surface area contributed by atoms with Gasteiger partial charge >= 0.3 is 5.97 Å². The van der Waals surface area contributed by atoms with Gasteiger partial charge < -0.3 is 4.74 Å². The van der Waals surface area contributed by atoms with Crippen LogP contribution in [0, 0.1) is 12.5 Å².